The summed E-state index contributed by atoms with van der Waals surface area (Å²) in [6, 6.07) is 0. The lowest BCUT2D eigenvalue weighted by molar-refractivity contribution is -0.137. The monoisotopic (exact) mass is 214 g/mol. The Morgan fingerprint density at radius 1 is 1.13 bits per heavy atom. The molecular formula is C13H26O2. The van der Waals surface area contributed by atoms with Gasteiger partial charge >= 0.3 is 5.97 Å². The Bertz CT molecular complexity index is 141. The van der Waals surface area contributed by atoms with Crippen LogP contribution in [0.1, 0.15) is 65.2 Å². The van der Waals surface area contributed by atoms with Crippen molar-refractivity contribution >= 4 is 5.97 Å². The Balaban J connectivity index is 0. The SMILES string of the molecule is C=CCCCCCCC.CCCC(=O)O. The van der Waals surface area contributed by atoms with Gasteiger partial charge in [-0.05, 0) is 19.3 Å². The molecule has 0 aromatic rings. The van der Waals surface area contributed by atoms with Crippen LogP contribution >= 0.6 is 0 Å². The van der Waals surface area contributed by atoms with Gasteiger partial charge in [0.2, 0.25) is 0 Å². The number of allylic oxidation sites excluding steroid dienone is 1. The summed E-state index contributed by atoms with van der Waals surface area (Å²) in [7, 11) is 0. The first-order valence-electron chi connectivity index (χ1n) is 6.01. The summed E-state index contributed by atoms with van der Waals surface area (Å²) < 4.78 is 0. The zero-order valence-corrected chi connectivity index (χ0v) is 10.3. The van der Waals surface area contributed by atoms with Crippen molar-refractivity contribution in [2.24, 2.45) is 0 Å². The first-order valence-corrected chi connectivity index (χ1v) is 6.01. The fourth-order valence-corrected chi connectivity index (χ4v) is 1.11. The van der Waals surface area contributed by atoms with Gasteiger partial charge in [0.15, 0.2) is 0 Å². The summed E-state index contributed by atoms with van der Waals surface area (Å²) in [5.74, 6) is -0.711. The first-order chi connectivity index (χ1) is 7.18. The van der Waals surface area contributed by atoms with Crippen molar-refractivity contribution < 1.29 is 9.90 Å². The molecular weight excluding hydrogens is 188 g/mol. The Kier molecular flexibility index (Phi) is 17.4. The van der Waals surface area contributed by atoms with Crippen LogP contribution in [0.4, 0.5) is 0 Å². The van der Waals surface area contributed by atoms with Crippen molar-refractivity contribution in [1.29, 1.82) is 0 Å². The predicted molar refractivity (Wildman–Crippen MR) is 66.1 cm³/mol. The number of carboxylic acids is 1. The van der Waals surface area contributed by atoms with Crippen molar-refractivity contribution in [1.82, 2.24) is 0 Å². The predicted octanol–water partition coefficient (Wildman–Crippen LogP) is 4.40. The average Bonchev–Trinajstić information content (AvgIpc) is 2.18. The van der Waals surface area contributed by atoms with Crippen molar-refractivity contribution in [3.63, 3.8) is 0 Å². The van der Waals surface area contributed by atoms with Crippen LogP contribution < -0.4 is 0 Å². The van der Waals surface area contributed by atoms with Crippen LogP contribution in [-0.2, 0) is 4.79 Å². The zero-order valence-electron chi connectivity index (χ0n) is 10.3. The van der Waals surface area contributed by atoms with Crippen LogP contribution in [0, 0.1) is 0 Å². The van der Waals surface area contributed by atoms with E-state index in [1.54, 1.807) is 0 Å². The molecule has 0 aromatic heterocycles. The van der Waals surface area contributed by atoms with E-state index >= 15 is 0 Å². The molecule has 90 valence electrons. The third-order valence-electron chi connectivity index (χ3n) is 1.98. The van der Waals surface area contributed by atoms with Crippen molar-refractivity contribution in [2.45, 2.75) is 65.2 Å². The van der Waals surface area contributed by atoms with Gasteiger partial charge < -0.3 is 5.11 Å². The maximum absolute atomic E-state index is 9.60. The molecule has 0 atom stereocenters. The Labute approximate surface area is 94.4 Å². The minimum absolute atomic E-state index is 0.292. The molecule has 0 unspecified atom stereocenters. The molecule has 0 aliphatic rings. The van der Waals surface area contributed by atoms with Gasteiger partial charge in [0, 0.05) is 6.42 Å². The van der Waals surface area contributed by atoms with Gasteiger partial charge in [-0.2, -0.15) is 0 Å². The van der Waals surface area contributed by atoms with E-state index in [1.807, 2.05) is 13.0 Å². The quantitative estimate of drug-likeness (QED) is 0.480. The van der Waals surface area contributed by atoms with Crippen LogP contribution in [0.3, 0.4) is 0 Å². The molecule has 0 rings (SSSR count). The van der Waals surface area contributed by atoms with Crippen LogP contribution in [-0.4, -0.2) is 11.1 Å². The molecule has 2 heteroatoms. The van der Waals surface area contributed by atoms with E-state index in [0.717, 1.165) is 6.42 Å². The minimum atomic E-state index is -0.711. The molecule has 0 fully saturated rings. The molecule has 0 saturated carbocycles. The largest absolute Gasteiger partial charge is 0.481 e. The van der Waals surface area contributed by atoms with Crippen LogP contribution in [0.25, 0.3) is 0 Å². The highest BCUT2D eigenvalue weighted by atomic mass is 16.4. The molecule has 0 saturated heterocycles. The highest BCUT2D eigenvalue weighted by molar-refractivity contribution is 5.66. The summed E-state index contributed by atoms with van der Waals surface area (Å²) >= 11 is 0. The maximum Gasteiger partial charge on any atom is 0.303 e. The van der Waals surface area contributed by atoms with Gasteiger partial charge in [0.1, 0.15) is 0 Å². The fourth-order valence-electron chi connectivity index (χ4n) is 1.11. The van der Waals surface area contributed by atoms with E-state index in [2.05, 4.69) is 13.5 Å². The second kappa shape index (κ2) is 15.7. The molecule has 0 aliphatic heterocycles. The summed E-state index contributed by atoms with van der Waals surface area (Å²) in [6.45, 7) is 7.76. The lowest BCUT2D eigenvalue weighted by Crippen LogP contribution is -1.90. The van der Waals surface area contributed by atoms with Gasteiger partial charge in [-0.3, -0.25) is 4.79 Å². The van der Waals surface area contributed by atoms with Gasteiger partial charge in [0.25, 0.3) is 0 Å². The topological polar surface area (TPSA) is 37.3 Å². The molecule has 0 aliphatic carbocycles. The van der Waals surface area contributed by atoms with E-state index in [0.29, 0.717) is 6.42 Å². The molecule has 0 aromatic carbocycles. The molecule has 2 nitrogen and oxygen atoms in total. The standard InChI is InChI=1S/C9H18.C4H8O2/c1-3-5-7-9-8-6-4-2;1-2-3-4(5)6/h3H,1,4-9H2,2H3;2-3H2,1H3,(H,5,6). The smallest absolute Gasteiger partial charge is 0.303 e. The Morgan fingerprint density at radius 3 is 2.07 bits per heavy atom. The molecule has 15 heavy (non-hydrogen) atoms. The highest BCUT2D eigenvalue weighted by Gasteiger charge is 1.87. The van der Waals surface area contributed by atoms with E-state index in [-0.39, 0.29) is 0 Å². The third kappa shape index (κ3) is 24.6. The van der Waals surface area contributed by atoms with Crippen molar-refractivity contribution in [3.05, 3.63) is 12.7 Å². The number of carboxylic acid groups (broad SMARTS) is 1. The molecule has 0 bridgehead atoms. The summed E-state index contributed by atoms with van der Waals surface area (Å²) in [6.07, 6.45) is 11.1. The van der Waals surface area contributed by atoms with Gasteiger partial charge in [-0.15, -0.1) is 6.58 Å². The van der Waals surface area contributed by atoms with E-state index < -0.39 is 5.97 Å². The van der Waals surface area contributed by atoms with Crippen LogP contribution in [0.5, 0.6) is 0 Å². The van der Waals surface area contributed by atoms with Crippen molar-refractivity contribution in [2.75, 3.05) is 0 Å². The molecule has 0 spiro atoms. The summed E-state index contributed by atoms with van der Waals surface area (Å²) in [5, 5.41) is 7.91. The second-order valence-corrected chi connectivity index (χ2v) is 3.64. The number of hydrogen-bond acceptors (Lipinski definition) is 1. The Morgan fingerprint density at radius 2 is 1.73 bits per heavy atom. The molecule has 1 N–H and O–H groups in total. The maximum atomic E-state index is 9.60. The van der Waals surface area contributed by atoms with Crippen LogP contribution in [0.15, 0.2) is 12.7 Å². The molecule has 0 amide bonds. The highest BCUT2D eigenvalue weighted by Crippen LogP contribution is 2.04. The number of hydrogen-bond donors (Lipinski definition) is 1. The zero-order chi connectivity index (χ0) is 11.9. The molecule has 0 radical (unpaired) electrons. The lowest BCUT2D eigenvalue weighted by Gasteiger charge is -1.94. The lowest BCUT2D eigenvalue weighted by atomic mass is 10.1. The van der Waals surface area contributed by atoms with E-state index in [1.165, 1.54) is 38.5 Å². The number of rotatable bonds is 8. The second-order valence-electron chi connectivity index (χ2n) is 3.64. The van der Waals surface area contributed by atoms with Gasteiger partial charge in [-0.1, -0.05) is 45.6 Å². The van der Waals surface area contributed by atoms with Crippen molar-refractivity contribution in [3.8, 4) is 0 Å². The minimum Gasteiger partial charge on any atom is -0.481 e. The van der Waals surface area contributed by atoms with E-state index in [9.17, 15) is 4.79 Å². The Hall–Kier alpha value is -0.790. The number of aliphatic carboxylic acids is 1. The average molecular weight is 214 g/mol. The summed E-state index contributed by atoms with van der Waals surface area (Å²) in [5.41, 5.74) is 0. The van der Waals surface area contributed by atoms with E-state index in [4.69, 9.17) is 5.11 Å². The summed E-state index contributed by atoms with van der Waals surface area (Å²) in [4.78, 5) is 9.60. The third-order valence-corrected chi connectivity index (χ3v) is 1.98. The molecule has 0 heterocycles. The number of carbonyl (C=O) groups is 1. The van der Waals surface area contributed by atoms with Crippen LogP contribution in [0.2, 0.25) is 0 Å². The normalized spacial score (nSPS) is 8.93. The van der Waals surface area contributed by atoms with Gasteiger partial charge in [0.05, 0.1) is 0 Å². The fraction of sp³-hybridized carbons (Fsp3) is 0.769. The first kappa shape index (κ1) is 16.6. The number of unbranched alkanes of at least 4 members (excludes halogenated alkanes) is 5. The van der Waals surface area contributed by atoms with Gasteiger partial charge in [-0.25, -0.2) is 0 Å².